The molecular weight excluding hydrogens is 366 g/mol. The molecule has 0 saturated carbocycles. The van der Waals surface area contributed by atoms with Crippen LogP contribution < -0.4 is 9.47 Å². The highest BCUT2D eigenvalue weighted by atomic mass is 16.5. The highest BCUT2D eigenvalue weighted by Crippen LogP contribution is 2.21. The quantitative estimate of drug-likeness (QED) is 0.583. The van der Waals surface area contributed by atoms with Crippen LogP contribution >= 0.6 is 0 Å². The Morgan fingerprint density at radius 1 is 0.897 bits per heavy atom. The van der Waals surface area contributed by atoms with Crippen LogP contribution in [0.4, 0.5) is 0 Å². The Bertz CT molecular complexity index is 872. The molecule has 0 amide bonds. The molecule has 6 heteroatoms. The highest BCUT2D eigenvalue weighted by Gasteiger charge is 2.18. The zero-order chi connectivity index (χ0) is 19.9. The zero-order valence-corrected chi connectivity index (χ0v) is 16.8. The van der Waals surface area contributed by atoms with Crippen molar-refractivity contribution in [2.75, 3.05) is 46.4 Å². The Morgan fingerprint density at radius 2 is 1.59 bits per heavy atom. The van der Waals surface area contributed by atoms with Gasteiger partial charge in [-0.15, -0.1) is 0 Å². The van der Waals surface area contributed by atoms with Gasteiger partial charge in [0.1, 0.15) is 18.1 Å². The van der Waals surface area contributed by atoms with E-state index < -0.39 is 0 Å². The Balaban J connectivity index is 1.18. The zero-order valence-electron chi connectivity index (χ0n) is 16.8. The molecular formula is C23H27N3O3. The first-order chi connectivity index (χ1) is 14.3. The predicted molar refractivity (Wildman–Crippen MR) is 112 cm³/mol. The maximum Gasteiger partial charge on any atom is 0.209 e. The first-order valence-electron chi connectivity index (χ1n) is 10.0. The van der Waals surface area contributed by atoms with Crippen molar-refractivity contribution >= 4 is 0 Å². The lowest BCUT2D eigenvalue weighted by Crippen LogP contribution is -2.47. The topological polar surface area (TPSA) is 51.0 Å². The standard InChI is InChI=1S/C23H27N3O3/c1-27-20-7-9-21(10-8-20)28-16-15-25-11-13-26(14-12-25)18-23-24-17-22(29-23)19-5-3-2-4-6-19/h2-10,17H,11-16,18H2,1H3. The number of hydrogen-bond donors (Lipinski definition) is 0. The summed E-state index contributed by atoms with van der Waals surface area (Å²) in [5, 5.41) is 0. The van der Waals surface area contributed by atoms with E-state index in [1.165, 1.54) is 0 Å². The molecule has 1 aromatic heterocycles. The minimum Gasteiger partial charge on any atom is -0.497 e. The maximum atomic E-state index is 5.93. The summed E-state index contributed by atoms with van der Waals surface area (Å²) in [6, 6.07) is 17.8. The fourth-order valence-corrected chi connectivity index (χ4v) is 3.45. The fraction of sp³-hybridized carbons (Fsp3) is 0.348. The van der Waals surface area contributed by atoms with Gasteiger partial charge in [-0.3, -0.25) is 9.80 Å². The molecule has 6 nitrogen and oxygen atoms in total. The number of aromatic nitrogens is 1. The molecule has 4 rings (SSSR count). The number of hydrogen-bond acceptors (Lipinski definition) is 6. The third kappa shape index (κ3) is 5.37. The van der Waals surface area contributed by atoms with Crippen molar-refractivity contribution in [1.82, 2.24) is 14.8 Å². The summed E-state index contributed by atoms with van der Waals surface area (Å²) < 4.78 is 16.9. The van der Waals surface area contributed by atoms with Crippen molar-refractivity contribution < 1.29 is 13.9 Å². The third-order valence-corrected chi connectivity index (χ3v) is 5.17. The lowest BCUT2D eigenvalue weighted by atomic mass is 10.2. The van der Waals surface area contributed by atoms with Crippen molar-refractivity contribution in [3.63, 3.8) is 0 Å². The molecule has 0 atom stereocenters. The summed E-state index contributed by atoms with van der Waals surface area (Å²) in [4.78, 5) is 9.28. The molecule has 0 bridgehead atoms. The van der Waals surface area contributed by atoms with Crippen molar-refractivity contribution in [3.8, 4) is 22.8 Å². The van der Waals surface area contributed by atoms with E-state index in [2.05, 4.69) is 14.8 Å². The first kappa shape index (κ1) is 19.5. The maximum absolute atomic E-state index is 5.93. The van der Waals surface area contributed by atoms with Gasteiger partial charge in [-0.05, 0) is 24.3 Å². The van der Waals surface area contributed by atoms with Gasteiger partial charge < -0.3 is 13.9 Å². The highest BCUT2D eigenvalue weighted by molar-refractivity contribution is 5.55. The smallest absolute Gasteiger partial charge is 0.209 e. The number of nitrogens with zero attached hydrogens (tertiary/aromatic N) is 3. The van der Waals surface area contributed by atoms with E-state index in [0.717, 1.165) is 68.0 Å². The number of benzene rings is 2. The van der Waals surface area contributed by atoms with E-state index in [0.29, 0.717) is 6.61 Å². The third-order valence-electron chi connectivity index (χ3n) is 5.17. The van der Waals surface area contributed by atoms with Crippen LogP contribution in [0, 0.1) is 0 Å². The molecule has 0 aliphatic carbocycles. The van der Waals surface area contributed by atoms with Crippen LogP contribution in [-0.2, 0) is 6.54 Å². The molecule has 2 heterocycles. The predicted octanol–water partition coefficient (Wildman–Crippen LogP) is 3.55. The average Bonchev–Trinajstić information content (AvgIpc) is 3.25. The number of oxazole rings is 1. The summed E-state index contributed by atoms with van der Waals surface area (Å²) in [7, 11) is 1.67. The summed E-state index contributed by atoms with van der Waals surface area (Å²) in [6.45, 7) is 6.43. The van der Waals surface area contributed by atoms with Crippen molar-refractivity contribution in [2.24, 2.45) is 0 Å². The molecule has 0 spiro atoms. The Labute approximate surface area is 171 Å². The second-order valence-corrected chi connectivity index (χ2v) is 7.13. The van der Waals surface area contributed by atoms with Gasteiger partial charge >= 0.3 is 0 Å². The number of rotatable bonds is 8. The van der Waals surface area contributed by atoms with Gasteiger partial charge in [0.25, 0.3) is 0 Å². The van der Waals surface area contributed by atoms with Crippen LogP contribution in [0.3, 0.4) is 0 Å². The molecule has 0 unspecified atom stereocenters. The molecule has 1 aliphatic heterocycles. The van der Waals surface area contributed by atoms with Gasteiger partial charge in [-0.1, -0.05) is 30.3 Å². The van der Waals surface area contributed by atoms with Gasteiger partial charge in [0.2, 0.25) is 5.89 Å². The molecule has 1 saturated heterocycles. The van der Waals surface area contributed by atoms with Crippen LogP contribution in [0.25, 0.3) is 11.3 Å². The van der Waals surface area contributed by atoms with Crippen LogP contribution in [-0.4, -0.2) is 61.2 Å². The molecule has 29 heavy (non-hydrogen) atoms. The van der Waals surface area contributed by atoms with Crippen molar-refractivity contribution in [3.05, 3.63) is 66.7 Å². The molecule has 1 aliphatic rings. The van der Waals surface area contributed by atoms with Crippen molar-refractivity contribution in [2.45, 2.75) is 6.54 Å². The number of ether oxygens (including phenoxy) is 2. The monoisotopic (exact) mass is 393 g/mol. The Hall–Kier alpha value is -2.83. The first-order valence-corrected chi connectivity index (χ1v) is 10.0. The minimum atomic E-state index is 0.687. The van der Waals surface area contributed by atoms with Gasteiger partial charge in [0.05, 0.1) is 19.9 Å². The van der Waals surface area contributed by atoms with E-state index in [9.17, 15) is 0 Å². The second kappa shape index (κ2) is 9.58. The number of methoxy groups -OCH3 is 1. The van der Waals surface area contributed by atoms with E-state index in [4.69, 9.17) is 13.9 Å². The molecule has 1 fully saturated rings. The molecule has 0 N–H and O–H groups in total. The van der Waals surface area contributed by atoms with Crippen LogP contribution in [0.15, 0.2) is 65.2 Å². The summed E-state index contributed by atoms with van der Waals surface area (Å²) >= 11 is 0. The SMILES string of the molecule is COc1ccc(OCCN2CCN(Cc3ncc(-c4ccccc4)o3)CC2)cc1. The fourth-order valence-electron chi connectivity index (χ4n) is 3.45. The van der Waals surface area contributed by atoms with Crippen LogP contribution in [0.2, 0.25) is 0 Å². The average molecular weight is 393 g/mol. The normalized spacial score (nSPS) is 15.3. The minimum absolute atomic E-state index is 0.687. The molecule has 2 aromatic carbocycles. The Morgan fingerprint density at radius 3 is 2.31 bits per heavy atom. The van der Waals surface area contributed by atoms with E-state index >= 15 is 0 Å². The van der Waals surface area contributed by atoms with Crippen LogP contribution in [0.5, 0.6) is 11.5 Å². The van der Waals surface area contributed by atoms with E-state index in [1.807, 2.05) is 60.8 Å². The lowest BCUT2D eigenvalue weighted by molar-refractivity contribution is 0.106. The number of piperazine rings is 1. The lowest BCUT2D eigenvalue weighted by Gasteiger charge is -2.33. The van der Waals surface area contributed by atoms with Gasteiger partial charge in [-0.2, -0.15) is 0 Å². The Kier molecular flexibility index (Phi) is 6.44. The summed E-state index contributed by atoms with van der Waals surface area (Å²) in [6.07, 6.45) is 1.82. The van der Waals surface area contributed by atoms with Crippen LogP contribution in [0.1, 0.15) is 5.89 Å². The van der Waals surface area contributed by atoms with Gasteiger partial charge in [0.15, 0.2) is 5.76 Å². The largest absolute Gasteiger partial charge is 0.497 e. The van der Waals surface area contributed by atoms with Crippen molar-refractivity contribution in [1.29, 1.82) is 0 Å². The van der Waals surface area contributed by atoms with E-state index in [1.54, 1.807) is 7.11 Å². The summed E-state index contributed by atoms with van der Waals surface area (Å²) in [5.41, 5.74) is 1.06. The summed E-state index contributed by atoms with van der Waals surface area (Å²) in [5.74, 6) is 3.33. The van der Waals surface area contributed by atoms with Gasteiger partial charge in [0, 0.05) is 38.3 Å². The second-order valence-electron chi connectivity index (χ2n) is 7.13. The molecule has 152 valence electrons. The molecule has 3 aromatic rings. The van der Waals surface area contributed by atoms with Gasteiger partial charge in [-0.25, -0.2) is 4.98 Å². The molecule has 0 radical (unpaired) electrons. The van der Waals surface area contributed by atoms with E-state index in [-0.39, 0.29) is 0 Å².